The molecule has 0 atom stereocenters. The van der Waals surface area contributed by atoms with Gasteiger partial charge in [-0.05, 0) is 93.7 Å². The zero-order chi connectivity index (χ0) is 22.1. The average molecular weight is 428 g/mol. The third-order valence-electron chi connectivity index (χ3n) is 6.71. The van der Waals surface area contributed by atoms with E-state index in [2.05, 4.69) is 6.08 Å². The Morgan fingerprint density at radius 2 is 1.77 bits per heavy atom. The second-order valence-corrected chi connectivity index (χ2v) is 8.80. The van der Waals surface area contributed by atoms with Gasteiger partial charge < -0.3 is 4.74 Å². The van der Waals surface area contributed by atoms with Crippen molar-refractivity contribution >= 4 is 5.97 Å². The largest absolute Gasteiger partial charge is 0.462 e. The Hall–Kier alpha value is -2.48. The molecule has 31 heavy (non-hydrogen) atoms. The zero-order valence-corrected chi connectivity index (χ0v) is 17.9. The molecule has 2 saturated carbocycles. The van der Waals surface area contributed by atoms with Gasteiger partial charge in [-0.2, -0.15) is 5.26 Å². The van der Waals surface area contributed by atoms with Gasteiger partial charge in [0.1, 0.15) is 6.10 Å². The van der Waals surface area contributed by atoms with E-state index in [1.807, 2.05) is 12.1 Å². The monoisotopic (exact) mass is 427 g/mol. The summed E-state index contributed by atoms with van der Waals surface area (Å²) >= 11 is 0. The van der Waals surface area contributed by atoms with Crippen molar-refractivity contribution in [3.05, 3.63) is 59.7 Å². The first-order valence-electron chi connectivity index (χ1n) is 11.4. The van der Waals surface area contributed by atoms with Gasteiger partial charge in [0.2, 0.25) is 0 Å². The first-order valence-corrected chi connectivity index (χ1v) is 11.4. The molecule has 3 rings (SSSR count). The highest BCUT2D eigenvalue weighted by Crippen LogP contribution is 2.37. The molecule has 2 aliphatic rings. The Morgan fingerprint density at radius 3 is 2.45 bits per heavy atom. The normalized spacial score (nSPS) is 26.7. The van der Waals surface area contributed by atoms with E-state index in [0.717, 1.165) is 69.8 Å². The lowest BCUT2D eigenvalue weighted by Crippen LogP contribution is -2.29. The number of halogens is 2. The smallest absolute Gasteiger partial charge is 0.309 e. The van der Waals surface area contributed by atoms with E-state index >= 15 is 0 Å². The van der Waals surface area contributed by atoms with Crippen LogP contribution in [0.25, 0.3) is 0 Å². The molecule has 1 aromatic carbocycles. The van der Waals surface area contributed by atoms with Crippen LogP contribution in [0.2, 0.25) is 0 Å². The summed E-state index contributed by atoms with van der Waals surface area (Å²) in [7, 11) is 0. The van der Waals surface area contributed by atoms with Crippen molar-refractivity contribution in [2.24, 2.45) is 11.8 Å². The Balaban J connectivity index is 1.35. The molecule has 0 aromatic heterocycles. The van der Waals surface area contributed by atoms with Crippen LogP contribution in [0.1, 0.15) is 75.7 Å². The summed E-state index contributed by atoms with van der Waals surface area (Å²) in [6, 6.07) is 6.09. The number of benzene rings is 1. The van der Waals surface area contributed by atoms with E-state index in [-0.39, 0.29) is 23.9 Å². The standard InChI is InChI=1S/C26H31F2NO2/c27-24-16-13-22(18-25(24)28)20-9-11-21(12-10-20)26(30)31-23-14-7-19(8-15-23)6-4-2-1-3-5-17-29/h1-3,5,13,16,18-21,23H,4,6-12,14-15H2. The number of hydrogen-bond donors (Lipinski definition) is 0. The van der Waals surface area contributed by atoms with Crippen molar-refractivity contribution in [2.45, 2.75) is 76.2 Å². The number of esters is 1. The fraction of sp³-hybridized carbons (Fsp3) is 0.538. The van der Waals surface area contributed by atoms with Crippen LogP contribution in [0, 0.1) is 34.8 Å². The van der Waals surface area contributed by atoms with E-state index in [1.54, 1.807) is 12.1 Å². The van der Waals surface area contributed by atoms with Gasteiger partial charge >= 0.3 is 5.97 Å². The van der Waals surface area contributed by atoms with E-state index in [1.165, 1.54) is 18.2 Å². The SMILES string of the molecule is N#CC=CC=CCCC1CCC(OC(=O)C2CCC(c3ccc(F)c(F)c3)CC2)CC1. The predicted molar refractivity (Wildman–Crippen MR) is 116 cm³/mol. The lowest BCUT2D eigenvalue weighted by molar-refractivity contribution is -0.157. The Bertz CT molecular complexity index is 826. The Kier molecular flexibility index (Phi) is 8.82. The van der Waals surface area contributed by atoms with E-state index < -0.39 is 11.6 Å². The van der Waals surface area contributed by atoms with Crippen LogP contribution in [-0.4, -0.2) is 12.1 Å². The molecule has 0 unspecified atom stereocenters. The molecular formula is C26H31F2NO2. The summed E-state index contributed by atoms with van der Waals surface area (Å²) < 4.78 is 32.5. The minimum atomic E-state index is -0.819. The highest BCUT2D eigenvalue weighted by Gasteiger charge is 2.31. The highest BCUT2D eigenvalue weighted by molar-refractivity contribution is 5.72. The maximum absolute atomic E-state index is 13.5. The molecule has 2 fully saturated rings. The number of rotatable bonds is 7. The molecule has 0 spiro atoms. The van der Waals surface area contributed by atoms with Gasteiger partial charge in [0.25, 0.3) is 0 Å². The van der Waals surface area contributed by atoms with Crippen LogP contribution in [-0.2, 0) is 9.53 Å². The van der Waals surface area contributed by atoms with Crippen LogP contribution in [0.4, 0.5) is 8.78 Å². The summed E-state index contributed by atoms with van der Waals surface area (Å²) in [6.07, 6.45) is 16.5. The van der Waals surface area contributed by atoms with E-state index in [4.69, 9.17) is 10.00 Å². The molecule has 166 valence electrons. The first-order chi connectivity index (χ1) is 15.1. The van der Waals surface area contributed by atoms with Crippen molar-refractivity contribution < 1.29 is 18.3 Å². The topological polar surface area (TPSA) is 50.1 Å². The second kappa shape index (κ2) is 11.8. The Labute approximate surface area is 183 Å². The fourth-order valence-corrected chi connectivity index (χ4v) is 4.83. The average Bonchev–Trinajstić information content (AvgIpc) is 2.79. The molecule has 0 bridgehead atoms. The summed E-state index contributed by atoms with van der Waals surface area (Å²) in [5, 5.41) is 8.44. The lowest BCUT2D eigenvalue weighted by Gasteiger charge is -2.31. The number of hydrogen-bond acceptors (Lipinski definition) is 3. The van der Waals surface area contributed by atoms with Gasteiger partial charge in [0.15, 0.2) is 11.6 Å². The predicted octanol–water partition coefficient (Wildman–Crippen LogP) is 6.76. The molecule has 1 aromatic rings. The molecule has 0 heterocycles. The number of carbonyl (C=O) groups excluding carboxylic acids is 1. The fourth-order valence-electron chi connectivity index (χ4n) is 4.83. The number of nitrogens with zero attached hydrogens (tertiary/aromatic N) is 1. The van der Waals surface area contributed by atoms with Gasteiger partial charge in [-0.1, -0.05) is 24.3 Å². The number of nitriles is 1. The van der Waals surface area contributed by atoms with Gasteiger partial charge in [-0.25, -0.2) is 8.78 Å². The lowest BCUT2D eigenvalue weighted by atomic mass is 9.78. The maximum atomic E-state index is 13.5. The minimum Gasteiger partial charge on any atom is -0.462 e. The number of ether oxygens (including phenoxy) is 1. The van der Waals surface area contributed by atoms with Crippen LogP contribution in [0.15, 0.2) is 42.5 Å². The second-order valence-electron chi connectivity index (χ2n) is 8.80. The van der Waals surface area contributed by atoms with Crippen molar-refractivity contribution in [1.29, 1.82) is 5.26 Å². The zero-order valence-electron chi connectivity index (χ0n) is 17.9. The van der Waals surface area contributed by atoms with Gasteiger partial charge in [-0.15, -0.1) is 0 Å². The molecule has 0 saturated heterocycles. The van der Waals surface area contributed by atoms with Gasteiger partial charge in [0, 0.05) is 6.08 Å². The van der Waals surface area contributed by atoms with Crippen molar-refractivity contribution in [2.75, 3.05) is 0 Å². The van der Waals surface area contributed by atoms with Crippen molar-refractivity contribution in [1.82, 2.24) is 0 Å². The van der Waals surface area contributed by atoms with E-state index in [9.17, 15) is 13.6 Å². The highest BCUT2D eigenvalue weighted by atomic mass is 19.2. The third kappa shape index (κ3) is 7.02. The molecule has 5 heteroatoms. The summed E-state index contributed by atoms with van der Waals surface area (Å²) in [5.74, 6) is -0.933. The molecule has 3 nitrogen and oxygen atoms in total. The summed E-state index contributed by atoms with van der Waals surface area (Å²) in [4.78, 5) is 12.6. The maximum Gasteiger partial charge on any atom is 0.309 e. The first kappa shape index (κ1) is 23.2. The molecule has 0 amide bonds. The van der Waals surface area contributed by atoms with Crippen molar-refractivity contribution in [3.8, 4) is 6.07 Å². The van der Waals surface area contributed by atoms with Crippen LogP contribution >= 0.6 is 0 Å². The molecule has 0 aliphatic heterocycles. The number of allylic oxidation sites excluding steroid dienone is 4. The molecular weight excluding hydrogens is 396 g/mol. The summed E-state index contributed by atoms with van der Waals surface area (Å²) in [5.41, 5.74) is 0.819. The summed E-state index contributed by atoms with van der Waals surface area (Å²) in [6.45, 7) is 0. The van der Waals surface area contributed by atoms with Crippen LogP contribution in [0.5, 0.6) is 0 Å². The van der Waals surface area contributed by atoms with Crippen molar-refractivity contribution in [3.63, 3.8) is 0 Å². The number of carbonyl (C=O) groups is 1. The Morgan fingerprint density at radius 1 is 1.03 bits per heavy atom. The minimum absolute atomic E-state index is 0.0294. The van der Waals surface area contributed by atoms with E-state index in [0.29, 0.717) is 5.92 Å². The third-order valence-corrected chi connectivity index (χ3v) is 6.71. The van der Waals surface area contributed by atoms with Crippen LogP contribution < -0.4 is 0 Å². The van der Waals surface area contributed by atoms with Gasteiger partial charge in [-0.3, -0.25) is 4.79 Å². The van der Waals surface area contributed by atoms with Gasteiger partial charge in [0.05, 0.1) is 12.0 Å². The molecule has 0 radical (unpaired) electrons. The molecule has 0 N–H and O–H groups in total. The van der Waals surface area contributed by atoms with Crippen LogP contribution in [0.3, 0.4) is 0 Å². The molecule has 2 aliphatic carbocycles. The quantitative estimate of drug-likeness (QED) is 0.274.